The predicted octanol–water partition coefficient (Wildman–Crippen LogP) is 10.4. The van der Waals surface area contributed by atoms with Gasteiger partial charge in [-0.05, 0) is 113 Å². The fourth-order valence-corrected chi connectivity index (χ4v) is 6.20. The van der Waals surface area contributed by atoms with E-state index < -0.39 is 10.0 Å². The summed E-state index contributed by atoms with van der Waals surface area (Å²) in [7, 11) is -1.87. The van der Waals surface area contributed by atoms with Crippen molar-refractivity contribution < 1.29 is 22.8 Å². The van der Waals surface area contributed by atoms with E-state index in [1.54, 1.807) is 18.2 Å². The molecule has 11 heteroatoms. The summed E-state index contributed by atoms with van der Waals surface area (Å²) in [6, 6.07) is 50.1. The summed E-state index contributed by atoms with van der Waals surface area (Å²) in [6.45, 7) is 12.3. The molecular weight excluding hydrogens is 795 g/mol. The molecule has 5 N–H and O–H groups in total. The smallest absolute Gasteiger partial charge is 0.319 e. The number of amides is 4. The van der Waals surface area contributed by atoms with Crippen molar-refractivity contribution in [2.45, 2.75) is 65.7 Å². The van der Waals surface area contributed by atoms with Crippen molar-refractivity contribution in [1.29, 1.82) is 0 Å². The average molecular weight is 856 g/mol. The van der Waals surface area contributed by atoms with Crippen LogP contribution in [0.1, 0.15) is 53.6 Å². The number of nitrogens with one attached hydrogen (secondary N) is 5. The molecule has 10 nitrogen and oxygen atoms in total. The lowest BCUT2D eigenvalue weighted by atomic mass is 10.1. The van der Waals surface area contributed by atoms with Crippen LogP contribution in [-0.2, 0) is 32.5 Å². The lowest BCUT2D eigenvalue weighted by Crippen LogP contribution is -2.30. The summed E-state index contributed by atoms with van der Waals surface area (Å²) in [5.74, 6) is 0.146. The zero-order valence-electron chi connectivity index (χ0n) is 36.9. The molecule has 0 atom stereocenters. The van der Waals surface area contributed by atoms with Gasteiger partial charge in [-0.15, -0.1) is 0 Å². The zero-order chi connectivity index (χ0) is 45.3. The summed E-state index contributed by atoms with van der Waals surface area (Å²) in [5.41, 5.74) is 9.45. The zero-order valence-corrected chi connectivity index (χ0v) is 37.7. The van der Waals surface area contributed by atoms with Crippen LogP contribution in [0, 0.1) is 33.6 Å². The van der Waals surface area contributed by atoms with E-state index in [1.807, 2.05) is 169 Å². The number of carbonyl (C=O) groups excluding carboxylic acids is 3. The van der Waals surface area contributed by atoms with Gasteiger partial charge >= 0.3 is 6.03 Å². The molecular formula is C51H61N5O5S. The maximum Gasteiger partial charge on any atom is 0.319 e. The number of benzene rings is 6. The maximum atomic E-state index is 11.8. The van der Waals surface area contributed by atoms with Crippen molar-refractivity contribution in [1.82, 2.24) is 10.0 Å². The van der Waals surface area contributed by atoms with Gasteiger partial charge in [0.1, 0.15) is 0 Å². The number of sulfonamides is 1. The van der Waals surface area contributed by atoms with Crippen molar-refractivity contribution in [3.8, 4) is 0 Å². The van der Waals surface area contributed by atoms with Crippen molar-refractivity contribution in [3.05, 3.63) is 191 Å². The lowest BCUT2D eigenvalue weighted by molar-refractivity contribution is -0.119. The van der Waals surface area contributed by atoms with Crippen molar-refractivity contribution in [2.24, 2.45) is 5.92 Å². The van der Waals surface area contributed by atoms with Crippen molar-refractivity contribution in [2.75, 3.05) is 29.5 Å². The van der Waals surface area contributed by atoms with Crippen molar-refractivity contribution >= 4 is 44.9 Å². The van der Waals surface area contributed by atoms with Gasteiger partial charge in [0, 0.05) is 35.9 Å². The van der Waals surface area contributed by atoms with Crippen LogP contribution in [0.4, 0.5) is 21.9 Å². The second-order valence-electron chi connectivity index (χ2n) is 14.9. The third-order valence-corrected chi connectivity index (χ3v) is 10.5. The van der Waals surface area contributed by atoms with Crippen LogP contribution in [0.2, 0.25) is 0 Å². The highest BCUT2D eigenvalue weighted by Gasteiger charge is 2.10. The average Bonchev–Trinajstić information content (AvgIpc) is 3.27. The SMILES string of the molecule is CNS(=O)(=O)c1cccc(C)c1.Cc1ccc(NC(=O)C(C)C)cc1.Cc1ccc(NC(=O)CCc2ccccc2)cc1.Cc1ccc(NC(=O)NCCc2ccccc2)cc1. The van der Waals surface area contributed by atoms with Gasteiger partial charge in [-0.1, -0.05) is 140 Å². The number of urea groups is 1. The predicted molar refractivity (Wildman–Crippen MR) is 255 cm³/mol. The van der Waals surface area contributed by atoms with Gasteiger partial charge in [-0.25, -0.2) is 17.9 Å². The van der Waals surface area contributed by atoms with E-state index >= 15 is 0 Å². The Bertz CT molecular complexity index is 2350. The Labute approximate surface area is 368 Å². The molecule has 62 heavy (non-hydrogen) atoms. The Balaban J connectivity index is 0.000000224. The van der Waals surface area contributed by atoms with Gasteiger partial charge < -0.3 is 21.3 Å². The number of hydrogen-bond acceptors (Lipinski definition) is 5. The van der Waals surface area contributed by atoms with E-state index in [0.717, 1.165) is 35.5 Å². The van der Waals surface area contributed by atoms with Crippen LogP contribution in [0.3, 0.4) is 0 Å². The molecule has 0 unspecified atom stereocenters. The second kappa shape index (κ2) is 26.6. The number of aryl methyl sites for hydroxylation is 5. The molecule has 0 aliphatic carbocycles. The van der Waals surface area contributed by atoms with E-state index in [4.69, 9.17) is 0 Å². The Hall–Kier alpha value is -6.56. The monoisotopic (exact) mass is 855 g/mol. The first-order chi connectivity index (χ1) is 29.6. The molecule has 0 bridgehead atoms. The summed E-state index contributed by atoms with van der Waals surface area (Å²) in [5, 5.41) is 11.4. The summed E-state index contributed by atoms with van der Waals surface area (Å²) >= 11 is 0. The molecule has 0 aliphatic rings. The highest BCUT2D eigenvalue weighted by Crippen LogP contribution is 2.13. The molecule has 6 aromatic carbocycles. The van der Waals surface area contributed by atoms with Crippen LogP contribution in [0.25, 0.3) is 0 Å². The van der Waals surface area contributed by atoms with E-state index in [9.17, 15) is 22.8 Å². The van der Waals surface area contributed by atoms with Crippen LogP contribution < -0.4 is 26.0 Å². The first-order valence-electron chi connectivity index (χ1n) is 20.6. The minimum atomic E-state index is -3.27. The molecule has 6 rings (SSSR count). The van der Waals surface area contributed by atoms with E-state index in [2.05, 4.69) is 38.1 Å². The first kappa shape index (κ1) is 49.8. The summed E-state index contributed by atoms with van der Waals surface area (Å²) in [6.07, 6.45) is 2.12. The molecule has 0 aliphatic heterocycles. The Morgan fingerprint density at radius 1 is 0.516 bits per heavy atom. The van der Waals surface area contributed by atoms with Crippen LogP contribution >= 0.6 is 0 Å². The third kappa shape index (κ3) is 20.1. The van der Waals surface area contributed by atoms with Gasteiger partial charge in [0.2, 0.25) is 21.8 Å². The van der Waals surface area contributed by atoms with Gasteiger partial charge in [-0.2, -0.15) is 0 Å². The minimum absolute atomic E-state index is 0.0290. The topological polar surface area (TPSA) is 146 Å². The highest BCUT2D eigenvalue weighted by molar-refractivity contribution is 7.89. The van der Waals surface area contributed by atoms with E-state index in [1.165, 1.54) is 34.9 Å². The first-order valence-corrected chi connectivity index (χ1v) is 22.1. The molecule has 326 valence electrons. The fourth-order valence-electron chi connectivity index (χ4n) is 5.36. The van der Waals surface area contributed by atoms with Crippen LogP contribution in [-0.4, -0.2) is 39.9 Å². The third-order valence-electron chi connectivity index (χ3n) is 9.08. The van der Waals surface area contributed by atoms with Crippen molar-refractivity contribution in [3.63, 3.8) is 0 Å². The standard InChI is InChI=1S/C16H18N2O.C16H17NO.C11H15NO.C8H11NO2S/c1-13-7-9-15(10-8-13)18-16(19)17-12-11-14-5-3-2-4-6-14;1-13-7-10-15(11-8-13)17-16(18)12-9-14-5-3-2-4-6-14;1-8(2)11(13)12-10-6-4-9(3)5-7-10;1-7-4-3-5-8(6-7)12(10,11)9-2/h2-10H,11-12H2,1H3,(H2,17,18,19);2-8,10-11H,9,12H2,1H3,(H,17,18);4-8H,1-3H3,(H,12,13);3-6,9H,1-2H3. The molecule has 0 saturated heterocycles. The number of rotatable bonds is 12. The second-order valence-corrected chi connectivity index (χ2v) is 16.8. The quantitative estimate of drug-likeness (QED) is 0.0832. The van der Waals surface area contributed by atoms with Gasteiger partial charge in [0.05, 0.1) is 4.90 Å². The summed E-state index contributed by atoms with van der Waals surface area (Å²) in [4.78, 5) is 35.0. The van der Waals surface area contributed by atoms with Gasteiger partial charge in [0.25, 0.3) is 0 Å². The number of hydrogen-bond donors (Lipinski definition) is 5. The van der Waals surface area contributed by atoms with E-state index in [-0.39, 0.29) is 23.8 Å². The maximum absolute atomic E-state index is 11.8. The van der Waals surface area contributed by atoms with Gasteiger partial charge in [-0.3, -0.25) is 9.59 Å². The van der Waals surface area contributed by atoms with Gasteiger partial charge in [0.15, 0.2) is 0 Å². The molecule has 6 aromatic rings. The normalized spacial score (nSPS) is 10.3. The Morgan fingerprint density at radius 3 is 1.42 bits per heavy atom. The van der Waals surface area contributed by atoms with E-state index in [0.29, 0.717) is 17.9 Å². The van der Waals surface area contributed by atoms with Crippen LogP contribution in [0.5, 0.6) is 0 Å². The van der Waals surface area contributed by atoms with Crippen LogP contribution in [0.15, 0.2) is 163 Å². The molecule has 0 heterocycles. The molecule has 0 radical (unpaired) electrons. The Kier molecular flexibility index (Phi) is 21.4. The fraction of sp³-hybridized carbons (Fsp3) is 0.235. The number of carbonyl (C=O) groups is 3. The minimum Gasteiger partial charge on any atom is -0.338 e. The summed E-state index contributed by atoms with van der Waals surface area (Å²) < 4.78 is 24.7. The lowest BCUT2D eigenvalue weighted by Gasteiger charge is -2.07. The largest absolute Gasteiger partial charge is 0.338 e. The molecule has 0 spiro atoms. The molecule has 0 aromatic heterocycles. The molecule has 0 fully saturated rings. The molecule has 0 saturated carbocycles. The molecule has 4 amide bonds. The Morgan fingerprint density at radius 2 is 0.968 bits per heavy atom. The number of anilines is 3. The highest BCUT2D eigenvalue weighted by atomic mass is 32.2.